The van der Waals surface area contributed by atoms with E-state index in [1.165, 1.54) is 7.11 Å². The van der Waals surface area contributed by atoms with E-state index in [1.807, 2.05) is 24.3 Å². The molecule has 1 N–H and O–H groups in total. The predicted molar refractivity (Wildman–Crippen MR) is 92.8 cm³/mol. The first kappa shape index (κ1) is 17.6. The van der Waals surface area contributed by atoms with Crippen LogP contribution < -0.4 is 5.32 Å². The summed E-state index contributed by atoms with van der Waals surface area (Å²) in [5, 5.41) is 4.13. The first-order valence-corrected chi connectivity index (χ1v) is 8.21. The lowest BCUT2D eigenvalue weighted by Crippen LogP contribution is -2.41. The van der Waals surface area contributed by atoms with E-state index in [0.29, 0.717) is 6.54 Å². The number of guanidine groups is 1. The summed E-state index contributed by atoms with van der Waals surface area (Å²) in [5.41, 5.74) is 1.11. The maximum Gasteiger partial charge on any atom is 0.310 e. The molecule has 1 heterocycles. The number of nitrogens with one attached hydrogen (secondary N) is 1. The summed E-state index contributed by atoms with van der Waals surface area (Å²) >= 11 is 6.17. The number of nitrogens with zero attached hydrogens (tertiary/aromatic N) is 2. The van der Waals surface area contributed by atoms with Crippen LogP contribution in [0.1, 0.15) is 12.5 Å². The fourth-order valence-corrected chi connectivity index (χ4v) is 3.17. The molecule has 23 heavy (non-hydrogen) atoms. The van der Waals surface area contributed by atoms with Crippen molar-refractivity contribution in [3.63, 3.8) is 0 Å². The van der Waals surface area contributed by atoms with Crippen LogP contribution in [0.15, 0.2) is 29.3 Å². The number of rotatable bonds is 4. The highest BCUT2D eigenvalue weighted by atomic mass is 35.5. The molecule has 1 saturated heterocycles. The SMILES string of the molecule is CN=C(NCCc1ccccc1Cl)N1CC(C)C(C(=O)OC)C1. The maximum atomic E-state index is 11.8. The van der Waals surface area contributed by atoms with E-state index in [-0.39, 0.29) is 17.8 Å². The summed E-state index contributed by atoms with van der Waals surface area (Å²) in [5.74, 6) is 0.827. The van der Waals surface area contributed by atoms with Gasteiger partial charge in [-0.05, 0) is 24.0 Å². The second-order valence-corrected chi connectivity index (χ2v) is 6.23. The molecule has 0 amide bonds. The number of methoxy groups -OCH3 is 1. The number of esters is 1. The summed E-state index contributed by atoms with van der Waals surface area (Å²) in [6.07, 6.45) is 0.822. The third kappa shape index (κ3) is 4.38. The molecular formula is C17H24ClN3O2. The van der Waals surface area contributed by atoms with Gasteiger partial charge in [-0.1, -0.05) is 36.7 Å². The van der Waals surface area contributed by atoms with Crippen molar-refractivity contribution >= 4 is 23.5 Å². The molecule has 0 aliphatic carbocycles. The van der Waals surface area contributed by atoms with Crippen molar-refractivity contribution < 1.29 is 9.53 Å². The van der Waals surface area contributed by atoms with Gasteiger partial charge >= 0.3 is 5.97 Å². The molecule has 5 nitrogen and oxygen atoms in total. The zero-order valence-electron chi connectivity index (χ0n) is 13.9. The van der Waals surface area contributed by atoms with Crippen LogP contribution in [0.4, 0.5) is 0 Å². The van der Waals surface area contributed by atoms with E-state index in [4.69, 9.17) is 16.3 Å². The first-order chi connectivity index (χ1) is 11.1. The summed E-state index contributed by atoms with van der Waals surface area (Å²) in [7, 11) is 3.20. The normalized spacial score (nSPS) is 21.4. The zero-order chi connectivity index (χ0) is 16.8. The van der Waals surface area contributed by atoms with Gasteiger partial charge < -0.3 is 15.0 Å². The van der Waals surface area contributed by atoms with Gasteiger partial charge in [0.25, 0.3) is 0 Å². The molecule has 0 saturated carbocycles. The Morgan fingerprint density at radius 2 is 2.17 bits per heavy atom. The number of halogens is 1. The highest BCUT2D eigenvalue weighted by Gasteiger charge is 2.36. The number of ether oxygens (including phenoxy) is 1. The van der Waals surface area contributed by atoms with Crippen molar-refractivity contribution in [2.45, 2.75) is 13.3 Å². The molecule has 0 radical (unpaired) electrons. The molecule has 1 aliphatic rings. The van der Waals surface area contributed by atoms with Crippen LogP contribution in [0, 0.1) is 11.8 Å². The Balaban J connectivity index is 1.89. The molecule has 1 aromatic carbocycles. The second kappa shape index (κ2) is 8.20. The quantitative estimate of drug-likeness (QED) is 0.520. The monoisotopic (exact) mass is 337 g/mol. The summed E-state index contributed by atoms with van der Waals surface area (Å²) < 4.78 is 4.88. The van der Waals surface area contributed by atoms with Gasteiger partial charge in [-0.25, -0.2) is 0 Å². The number of hydrogen-bond acceptors (Lipinski definition) is 3. The molecule has 1 aromatic rings. The highest BCUT2D eigenvalue weighted by molar-refractivity contribution is 6.31. The minimum Gasteiger partial charge on any atom is -0.469 e. The van der Waals surface area contributed by atoms with E-state index in [1.54, 1.807) is 7.05 Å². The summed E-state index contributed by atoms with van der Waals surface area (Å²) in [6, 6.07) is 7.84. The lowest BCUT2D eigenvalue weighted by Gasteiger charge is -2.21. The van der Waals surface area contributed by atoms with E-state index in [9.17, 15) is 4.79 Å². The molecule has 2 atom stereocenters. The Kier molecular flexibility index (Phi) is 6.28. The van der Waals surface area contributed by atoms with Crippen molar-refractivity contribution in [1.29, 1.82) is 0 Å². The fourth-order valence-electron chi connectivity index (χ4n) is 2.94. The van der Waals surface area contributed by atoms with Gasteiger partial charge in [0.1, 0.15) is 0 Å². The Hall–Kier alpha value is -1.75. The van der Waals surface area contributed by atoms with Crippen LogP contribution in [0.5, 0.6) is 0 Å². The molecule has 1 fully saturated rings. The summed E-state index contributed by atoms with van der Waals surface area (Å²) in [4.78, 5) is 18.2. The largest absolute Gasteiger partial charge is 0.469 e. The number of likely N-dealkylation sites (tertiary alicyclic amines) is 1. The van der Waals surface area contributed by atoms with Crippen LogP contribution >= 0.6 is 11.6 Å². The molecule has 2 unspecified atom stereocenters. The van der Waals surface area contributed by atoms with Crippen molar-refractivity contribution in [1.82, 2.24) is 10.2 Å². The van der Waals surface area contributed by atoms with Crippen molar-refractivity contribution in [2.24, 2.45) is 16.8 Å². The molecule has 0 bridgehead atoms. The van der Waals surface area contributed by atoms with Crippen molar-refractivity contribution in [2.75, 3.05) is 33.8 Å². The van der Waals surface area contributed by atoms with Crippen molar-refractivity contribution in [3.8, 4) is 0 Å². The van der Waals surface area contributed by atoms with Crippen LogP contribution in [-0.4, -0.2) is 50.6 Å². The van der Waals surface area contributed by atoms with Gasteiger partial charge in [0, 0.05) is 31.7 Å². The Labute approximate surface area is 142 Å². The third-order valence-corrected chi connectivity index (χ3v) is 4.63. The molecule has 6 heteroatoms. The van der Waals surface area contributed by atoms with Crippen LogP contribution in [0.3, 0.4) is 0 Å². The number of benzene rings is 1. The predicted octanol–water partition coefficient (Wildman–Crippen LogP) is 2.20. The maximum absolute atomic E-state index is 11.8. The molecule has 1 aliphatic heterocycles. The average molecular weight is 338 g/mol. The number of hydrogen-bond donors (Lipinski definition) is 1. The molecule has 126 valence electrons. The topological polar surface area (TPSA) is 53.9 Å². The van der Waals surface area contributed by atoms with E-state index < -0.39 is 0 Å². The van der Waals surface area contributed by atoms with Gasteiger partial charge in [0.05, 0.1) is 13.0 Å². The number of carbonyl (C=O) groups excluding carboxylic acids is 1. The zero-order valence-corrected chi connectivity index (χ0v) is 14.6. The van der Waals surface area contributed by atoms with Gasteiger partial charge in [-0.15, -0.1) is 0 Å². The van der Waals surface area contributed by atoms with E-state index in [0.717, 1.165) is 36.1 Å². The standard InChI is InChI=1S/C17H24ClN3O2/c1-12-10-21(11-14(12)16(22)23-3)17(19-2)20-9-8-13-6-4-5-7-15(13)18/h4-7,12,14H,8-11H2,1-3H3,(H,19,20). The minimum absolute atomic E-state index is 0.0953. The van der Waals surface area contributed by atoms with Crippen LogP contribution in [0.2, 0.25) is 5.02 Å². The minimum atomic E-state index is -0.147. The van der Waals surface area contributed by atoms with Gasteiger partial charge in [-0.3, -0.25) is 9.79 Å². The van der Waals surface area contributed by atoms with Gasteiger partial charge in [-0.2, -0.15) is 0 Å². The molecular weight excluding hydrogens is 314 g/mol. The second-order valence-electron chi connectivity index (χ2n) is 5.83. The molecule has 0 aromatic heterocycles. The smallest absolute Gasteiger partial charge is 0.310 e. The van der Waals surface area contributed by atoms with E-state index in [2.05, 4.69) is 22.1 Å². The fraction of sp³-hybridized carbons (Fsp3) is 0.529. The Morgan fingerprint density at radius 1 is 1.43 bits per heavy atom. The van der Waals surface area contributed by atoms with Crippen LogP contribution in [0.25, 0.3) is 0 Å². The molecule has 0 spiro atoms. The lowest BCUT2D eigenvalue weighted by molar-refractivity contribution is -0.145. The highest BCUT2D eigenvalue weighted by Crippen LogP contribution is 2.24. The van der Waals surface area contributed by atoms with Gasteiger partial charge in [0.2, 0.25) is 0 Å². The number of carbonyl (C=O) groups is 1. The van der Waals surface area contributed by atoms with Crippen molar-refractivity contribution in [3.05, 3.63) is 34.9 Å². The average Bonchev–Trinajstić information content (AvgIpc) is 2.94. The first-order valence-electron chi connectivity index (χ1n) is 7.83. The van der Waals surface area contributed by atoms with Crippen LogP contribution in [-0.2, 0) is 16.0 Å². The lowest BCUT2D eigenvalue weighted by atomic mass is 9.99. The number of aliphatic imine (C=N–C) groups is 1. The molecule has 2 rings (SSSR count). The van der Waals surface area contributed by atoms with E-state index >= 15 is 0 Å². The Morgan fingerprint density at radius 3 is 2.83 bits per heavy atom. The third-order valence-electron chi connectivity index (χ3n) is 4.26. The Bertz CT molecular complexity index is 577. The summed E-state index contributed by atoms with van der Waals surface area (Å²) in [6.45, 7) is 4.24. The van der Waals surface area contributed by atoms with Gasteiger partial charge in [0.15, 0.2) is 5.96 Å².